The van der Waals surface area contributed by atoms with Crippen LogP contribution in [-0.4, -0.2) is 18.2 Å². The van der Waals surface area contributed by atoms with Crippen molar-refractivity contribution < 1.29 is 4.52 Å². The van der Waals surface area contributed by atoms with E-state index in [9.17, 15) is 0 Å². The molecule has 4 nitrogen and oxygen atoms in total. The van der Waals surface area contributed by atoms with E-state index in [4.69, 9.17) is 21.9 Å². The van der Waals surface area contributed by atoms with Gasteiger partial charge in [-0.25, -0.2) is 0 Å². The second kappa shape index (κ2) is 8.30. The largest absolute Gasteiger partial charge is 0.337 e. The maximum absolute atomic E-state index is 6.07. The molecule has 4 rings (SSSR count). The van der Waals surface area contributed by atoms with Crippen molar-refractivity contribution in [2.24, 2.45) is 5.73 Å². The van der Waals surface area contributed by atoms with Crippen LogP contribution >= 0.6 is 11.6 Å². The number of hydrogen-bond donors (Lipinski definition) is 1. The predicted octanol–water partition coefficient (Wildman–Crippen LogP) is 5.76. The number of hydrogen-bond acceptors (Lipinski definition) is 4. The summed E-state index contributed by atoms with van der Waals surface area (Å²) < 4.78 is 5.89. The number of halogens is 1. The summed E-state index contributed by atoms with van der Waals surface area (Å²) in [6.45, 7) is 1.10. The molecule has 0 saturated heterocycles. The molecule has 0 bridgehead atoms. The van der Waals surface area contributed by atoms with Gasteiger partial charge in [0.25, 0.3) is 0 Å². The standard InChI is InChI=1S/C23H20ClN3O/c24-19-13-11-18(12-14-19)22-21(17-7-3-1-4-8-17)23(28-26-22)27(16-15-25)20-9-5-2-6-10-20/h1-14H,15-16,25H2. The van der Waals surface area contributed by atoms with E-state index in [-0.39, 0.29) is 0 Å². The highest BCUT2D eigenvalue weighted by atomic mass is 35.5. The molecule has 4 aromatic rings. The minimum atomic E-state index is 0.486. The van der Waals surface area contributed by atoms with Crippen molar-refractivity contribution in [2.45, 2.75) is 0 Å². The Morgan fingerprint density at radius 3 is 2.11 bits per heavy atom. The maximum Gasteiger partial charge on any atom is 0.240 e. The Kier molecular flexibility index (Phi) is 5.42. The van der Waals surface area contributed by atoms with Crippen LogP contribution in [0.25, 0.3) is 22.4 Å². The smallest absolute Gasteiger partial charge is 0.240 e. The number of rotatable bonds is 6. The summed E-state index contributed by atoms with van der Waals surface area (Å²) in [5, 5.41) is 5.10. The van der Waals surface area contributed by atoms with Crippen molar-refractivity contribution in [1.82, 2.24) is 5.16 Å². The molecule has 140 valence electrons. The first kappa shape index (κ1) is 18.3. The Morgan fingerprint density at radius 1 is 0.821 bits per heavy atom. The Morgan fingerprint density at radius 2 is 1.46 bits per heavy atom. The van der Waals surface area contributed by atoms with Crippen LogP contribution in [0.1, 0.15) is 0 Å². The summed E-state index contributed by atoms with van der Waals surface area (Å²) in [4.78, 5) is 2.06. The van der Waals surface area contributed by atoms with Gasteiger partial charge in [-0.3, -0.25) is 0 Å². The SMILES string of the molecule is NCCN(c1ccccc1)c1onc(-c2ccc(Cl)cc2)c1-c1ccccc1. The first-order valence-electron chi connectivity index (χ1n) is 9.11. The van der Waals surface area contributed by atoms with Crippen LogP contribution in [0.5, 0.6) is 0 Å². The molecule has 1 aromatic heterocycles. The molecule has 0 saturated carbocycles. The Bertz CT molecular complexity index is 1030. The van der Waals surface area contributed by atoms with Gasteiger partial charge < -0.3 is 15.2 Å². The van der Waals surface area contributed by atoms with E-state index in [1.54, 1.807) is 0 Å². The second-order valence-electron chi connectivity index (χ2n) is 6.36. The quantitative estimate of drug-likeness (QED) is 0.455. The van der Waals surface area contributed by atoms with E-state index < -0.39 is 0 Å². The predicted molar refractivity (Wildman–Crippen MR) is 115 cm³/mol. The maximum atomic E-state index is 6.07. The van der Waals surface area contributed by atoms with Crippen molar-refractivity contribution >= 4 is 23.2 Å². The van der Waals surface area contributed by atoms with Crippen molar-refractivity contribution in [3.8, 4) is 22.4 Å². The Labute approximate surface area is 169 Å². The van der Waals surface area contributed by atoms with Crippen molar-refractivity contribution in [2.75, 3.05) is 18.0 Å². The van der Waals surface area contributed by atoms with Crippen molar-refractivity contribution in [1.29, 1.82) is 0 Å². The summed E-state index contributed by atoms with van der Waals surface area (Å²) in [6, 6.07) is 27.8. The van der Waals surface area contributed by atoms with Gasteiger partial charge >= 0.3 is 0 Å². The molecule has 0 aliphatic rings. The topological polar surface area (TPSA) is 55.3 Å². The van der Waals surface area contributed by atoms with Gasteiger partial charge in [-0.15, -0.1) is 0 Å². The molecule has 0 atom stereocenters. The zero-order valence-corrected chi connectivity index (χ0v) is 16.0. The summed E-state index contributed by atoms with van der Waals surface area (Å²) in [6.07, 6.45) is 0. The molecule has 0 amide bonds. The van der Waals surface area contributed by atoms with Crippen LogP contribution in [-0.2, 0) is 0 Å². The monoisotopic (exact) mass is 389 g/mol. The molecule has 0 aliphatic carbocycles. The number of anilines is 2. The van der Waals surface area contributed by atoms with Crippen LogP contribution in [0.15, 0.2) is 89.5 Å². The molecule has 2 N–H and O–H groups in total. The van der Waals surface area contributed by atoms with Gasteiger partial charge in [0, 0.05) is 29.4 Å². The van der Waals surface area contributed by atoms with Crippen LogP contribution in [0.3, 0.4) is 0 Å². The third kappa shape index (κ3) is 3.65. The van der Waals surface area contributed by atoms with Gasteiger partial charge in [-0.05, 0) is 29.8 Å². The van der Waals surface area contributed by atoms with Gasteiger partial charge in [0.1, 0.15) is 5.69 Å². The highest BCUT2D eigenvalue weighted by molar-refractivity contribution is 6.30. The zero-order valence-electron chi connectivity index (χ0n) is 15.3. The van der Waals surface area contributed by atoms with Gasteiger partial charge in [-0.1, -0.05) is 77.4 Å². The number of nitrogens with zero attached hydrogens (tertiary/aromatic N) is 2. The second-order valence-corrected chi connectivity index (χ2v) is 6.80. The molecule has 28 heavy (non-hydrogen) atoms. The molecule has 0 radical (unpaired) electrons. The van der Waals surface area contributed by atoms with Crippen LogP contribution in [0.2, 0.25) is 5.02 Å². The fourth-order valence-corrected chi connectivity index (χ4v) is 3.35. The van der Waals surface area contributed by atoms with E-state index >= 15 is 0 Å². The third-order valence-corrected chi connectivity index (χ3v) is 4.77. The molecular weight excluding hydrogens is 370 g/mol. The lowest BCUT2D eigenvalue weighted by molar-refractivity contribution is 0.426. The summed E-state index contributed by atoms with van der Waals surface area (Å²) in [7, 11) is 0. The number of aromatic nitrogens is 1. The van der Waals surface area contributed by atoms with Gasteiger partial charge in [0.15, 0.2) is 0 Å². The number of benzene rings is 3. The van der Waals surface area contributed by atoms with Crippen LogP contribution in [0.4, 0.5) is 11.6 Å². The molecule has 0 fully saturated rings. The minimum Gasteiger partial charge on any atom is -0.337 e. The molecular formula is C23H20ClN3O. The van der Waals surface area contributed by atoms with E-state index in [0.29, 0.717) is 24.0 Å². The summed E-state index contributed by atoms with van der Waals surface area (Å²) >= 11 is 6.07. The van der Waals surface area contributed by atoms with E-state index in [1.165, 1.54) is 0 Å². The Balaban J connectivity index is 1.91. The van der Waals surface area contributed by atoms with E-state index in [2.05, 4.69) is 22.2 Å². The van der Waals surface area contributed by atoms with Crippen molar-refractivity contribution in [3.05, 3.63) is 90.0 Å². The molecule has 0 spiro atoms. The van der Waals surface area contributed by atoms with Crippen LogP contribution < -0.4 is 10.6 Å². The first-order chi connectivity index (χ1) is 13.8. The average Bonchev–Trinajstić information content (AvgIpc) is 3.18. The highest BCUT2D eigenvalue weighted by Crippen LogP contribution is 2.41. The summed E-state index contributed by atoms with van der Waals surface area (Å²) in [5.74, 6) is 0.674. The third-order valence-electron chi connectivity index (χ3n) is 4.52. The van der Waals surface area contributed by atoms with E-state index in [0.717, 1.165) is 28.1 Å². The fourth-order valence-electron chi connectivity index (χ4n) is 3.22. The molecule has 3 aromatic carbocycles. The van der Waals surface area contributed by atoms with Crippen LogP contribution in [0, 0.1) is 0 Å². The first-order valence-corrected chi connectivity index (χ1v) is 9.49. The molecule has 0 aliphatic heterocycles. The molecule has 5 heteroatoms. The molecule has 1 heterocycles. The van der Waals surface area contributed by atoms with Crippen molar-refractivity contribution in [3.63, 3.8) is 0 Å². The molecule has 0 unspecified atom stereocenters. The van der Waals surface area contributed by atoms with Gasteiger partial charge in [-0.2, -0.15) is 0 Å². The normalized spacial score (nSPS) is 10.8. The zero-order chi connectivity index (χ0) is 19.3. The lowest BCUT2D eigenvalue weighted by Gasteiger charge is -2.22. The summed E-state index contributed by atoms with van der Waals surface area (Å²) in [5.41, 5.74) is 10.6. The lowest BCUT2D eigenvalue weighted by atomic mass is 10.0. The van der Waals surface area contributed by atoms with E-state index in [1.807, 2.05) is 72.8 Å². The fraction of sp³-hybridized carbons (Fsp3) is 0.0870. The number of nitrogens with two attached hydrogens (primary N) is 1. The minimum absolute atomic E-state index is 0.486. The number of para-hydroxylation sites is 1. The lowest BCUT2D eigenvalue weighted by Crippen LogP contribution is -2.24. The Hall–Kier alpha value is -3.08. The average molecular weight is 390 g/mol. The highest BCUT2D eigenvalue weighted by Gasteiger charge is 2.24. The van der Waals surface area contributed by atoms with Gasteiger partial charge in [0.05, 0.1) is 5.56 Å². The van der Waals surface area contributed by atoms with Gasteiger partial charge in [0.2, 0.25) is 5.88 Å².